The Morgan fingerprint density at radius 1 is 1.04 bits per heavy atom. The van der Waals surface area contributed by atoms with Gasteiger partial charge >= 0.3 is 0 Å². The van der Waals surface area contributed by atoms with Crippen LogP contribution in [0.3, 0.4) is 0 Å². The summed E-state index contributed by atoms with van der Waals surface area (Å²) < 4.78 is 10.7. The Kier molecular flexibility index (Phi) is 10.2. The average molecular weight is 490 g/mol. The Balaban J connectivity index is 0.00000338. The first kappa shape index (κ1) is 22.4. The summed E-state index contributed by atoms with van der Waals surface area (Å²) in [5, 5.41) is 7.30. The topological polar surface area (TPSA) is 54.9 Å². The van der Waals surface area contributed by atoms with Crippen molar-refractivity contribution in [2.45, 2.75) is 13.0 Å². The highest BCUT2D eigenvalue weighted by atomic mass is 127. The first-order chi connectivity index (χ1) is 12.2. The Morgan fingerprint density at radius 3 is 2.46 bits per heavy atom. The van der Waals surface area contributed by atoms with E-state index in [0.717, 1.165) is 40.0 Å². The number of rotatable bonds is 7. The normalized spacial score (nSPS) is 10.7. The van der Waals surface area contributed by atoms with Gasteiger partial charge in [-0.05, 0) is 41.8 Å². The van der Waals surface area contributed by atoms with Crippen molar-refractivity contribution in [1.82, 2.24) is 10.6 Å². The maximum Gasteiger partial charge on any atom is 0.191 e. The maximum atomic E-state index is 6.17. The maximum absolute atomic E-state index is 6.17. The van der Waals surface area contributed by atoms with Gasteiger partial charge in [-0.1, -0.05) is 29.8 Å². The van der Waals surface area contributed by atoms with Crippen molar-refractivity contribution in [1.29, 1.82) is 0 Å². The predicted molar refractivity (Wildman–Crippen MR) is 118 cm³/mol. The van der Waals surface area contributed by atoms with Crippen LogP contribution in [-0.4, -0.2) is 33.8 Å². The summed E-state index contributed by atoms with van der Waals surface area (Å²) in [5.74, 6) is 2.39. The molecule has 0 aliphatic carbocycles. The van der Waals surface area contributed by atoms with E-state index < -0.39 is 0 Å². The fourth-order valence-corrected chi connectivity index (χ4v) is 2.64. The lowest BCUT2D eigenvalue weighted by molar-refractivity contribution is 0.398. The first-order valence-corrected chi connectivity index (χ1v) is 8.44. The molecule has 0 unspecified atom stereocenters. The van der Waals surface area contributed by atoms with Gasteiger partial charge in [0.05, 0.1) is 14.2 Å². The van der Waals surface area contributed by atoms with Gasteiger partial charge in [-0.3, -0.25) is 4.99 Å². The second-order valence-electron chi connectivity index (χ2n) is 5.37. The van der Waals surface area contributed by atoms with E-state index in [0.29, 0.717) is 13.1 Å². The molecule has 0 heterocycles. The van der Waals surface area contributed by atoms with E-state index in [-0.39, 0.29) is 24.0 Å². The van der Waals surface area contributed by atoms with Crippen molar-refractivity contribution in [2.24, 2.45) is 4.99 Å². The molecular weight excluding hydrogens is 465 g/mol. The number of hydrogen-bond donors (Lipinski definition) is 2. The number of aliphatic imine (C=N–C) groups is 1. The molecule has 142 valence electrons. The van der Waals surface area contributed by atoms with Crippen LogP contribution in [0.4, 0.5) is 0 Å². The molecule has 5 nitrogen and oxygen atoms in total. The SMILES string of the molecule is CN=C(NCCc1cc(OC)ccc1OC)NCc1ccccc1Cl.I. The van der Waals surface area contributed by atoms with Gasteiger partial charge in [0.2, 0.25) is 0 Å². The fraction of sp³-hybridized carbons (Fsp3) is 0.316. The molecule has 0 bridgehead atoms. The van der Waals surface area contributed by atoms with E-state index >= 15 is 0 Å². The van der Waals surface area contributed by atoms with E-state index in [2.05, 4.69) is 15.6 Å². The van der Waals surface area contributed by atoms with Crippen molar-refractivity contribution in [3.63, 3.8) is 0 Å². The van der Waals surface area contributed by atoms with Crippen molar-refractivity contribution >= 4 is 41.5 Å². The summed E-state index contributed by atoms with van der Waals surface area (Å²) in [6.45, 7) is 1.33. The number of ether oxygens (including phenoxy) is 2. The number of halogens is 2. The molecule has 0 aromatic heterocycles. The van der Waals surface area contributed by atoms with Crippen LogP contribution < -0.4 is 20.1 Å². The van der Waals surface area contributed by atoms with Gasteiger partial charge in [0, 0.05) is 25.2 Å². The minimum absolute atomic E-state index is 0. The zero-order valence-corrected chi connectivity index (χ0v) is 18.3. The van der Waals surface area contributed by atoms with Crippen LogP contribution in [0, 0.1) is 0 Å². The lowest BCUT2D eigenvalue weighted by Crippen LogP contribution is -2.37. The minimum atomic E-state index is 0. The van der Waals surface area contributed by atoms with Crippen LogP contribution in [-0.2, 0) is 13.0 Å². The fourth-order valence-electron chi connectivity index (χ4n) is 2.43. The summed E-state index contributed by atoms with van der Waals surface area (Å²) in [4.78, 5) is 4.24. The Bertz CT molecular complexity index is 726. The zero-order chi connectivity index (χ0) is 18.1. The largest absolute Gasteiger partial charge is 0.497 e. The van der Waals surface area contributed by atoms with Crippen LogP contribution in [0.2, 0.25) is 5.02 Å². The third kappa shape index (κ3) is 6.57. The molecule has 0 amide bonds. The molecule has 0 atom stereocenters. The summed E-state index contributed by atoms with van der Waals surface area (Å²) in [6.07, 6.45) is 0.785. The Labute approximate surface area is 177 Å². The Hall–Kier alpha value is -1.67. The number of nitrogens with zero attached hydrogens (tertiary/aromatic N) is 1. The van der Waals surface area contributed by atoms with Crippen LogP contribution >= 0.6 is 35.6 Å². The standard InChI is InChI=1S/C19H24ClN3O2.HI/c1-21-19(23-13-15-6-4-5-7-17(15)20)22-11-10-14-12-16(24-2)8-9-18(14)25-3;/h4-9,12H,10-11,13H2,1-3H3,(H2,21,22,23);1H. The highest BCUT2D eigenvalue weighted by molar-refractivity contribution is 14.0. The molecule has 2 aromatic carbocycles. The molecule has 2 aromatic rings. The first-order valence-electron chi connectivity index (χ1n) is 8.06. The second-order valence-corrected chi connectivity index (χ2v) is 5.78. The number of nitrogens with one attached hydrogen (secondary N) is 2. The molecule has 0 aliphatic rings. The van der Waals surface area contributed by atoms with Crippen LogP contribution in [0.5, 0.6) is 11.5 Å². The second kappa shape index (κ2) is 11.9. The molecule has 0 aliphatic heterocycles. The molecular formula is C19H25ClIN3O2. The monoisotopic (exact) mass is 489 g/mol. The molecule has 0 fully saturated rings. The molecule has 7 heteroatoms. The zero-order valence-electron chi connectivity index (χ0n) is 15.2. The summed E-state index contributed by atoms with van der Waals surface area (Å²) in [7, 11) is 5.07. The predicted octanol–water partition coefficient (Wildman–Crippen LogP) is 3.88. The van der Waals surface area contributed by atoms with Crippen molar-refractivity contribution in [3.8, 4) is 11.5 Å². The minimum Gasteiger partial charge on any atom is -0.497 e. The van der Waals surface area contributed by atoms with Crippen LogP contribution in [0.15, 0.2) is 47.5 Å². The number of methoxy groups -OCH3 is 2. The lowest BCUT2D eigenvalue weighted by Gasteiger charge is -2.14. The number of guanidine groups is 1. The Morgan fingerprint density at radius 2 is 1.81 bits per heavy atom. The van der Waals surface area contributed by atoms with Crippen LogP contribution in [0.25, 0.3) is 0 Å². The van der Waals surface area contributed by atoms with Gasteiger partial charge in [0.15, 0.2) is 5.96 Å². The van der Waals surface area contributed by atoms with Crippen molar-refractivity contribution < 1.29 is 9.47 Å². The molecule has 0 saturated carbocycles. The summed E-state index contributed by atoms with van der Waals surface area (Å²) in [6, 6.07) is 13.5. The summed E-state index contributed by atoms with van der Waals surface area (Å²) in [5.41, 5.74) is 2.11. The van der Waals surface area contributed by atoms with Gasteiger partial charge in [-0.2, -0.15) is 0 Å². The quantitative estimate of drug-likeness (QED) is 0.352. The average Bonchev–Trinajstić information content (AvgIpc) is 2.65. The van der Waals surface area contributed by atoms with E-state index in [1.165, 1.54) is 0 Å². The van der Waals surface area contributed by atoms with Gasteiger partial charge in [-0.15, -0.1) is 24.0 Å². The van der Waals surface area contributed by atoms with Gasteiger partial charge in [0.1, 0.15) is 11.5 Å². The molecule has 0 radical (unpaired) electrons. The van der Waals surface area contributed by atoms with Crippen LogP contribution in [0.1, 0.15) is 11.1 Å². The molecule has 2 N–H and O–H groups in total. The van der Waals surface area contributed by atoms with E-state index in [9.17, 15) is 0 Å². The number of hydrogen-bond acceptors (Lipinski definition) is 3. The van der Waals surface area contributed by atoms with Gasteiger partial charge in [0.25, 0.3) is 0 Å². The van der Waals surface area contributed by atoms with E-state index in [4.69, 9.17) is 21.1 Å². The molecule has 2 rings (SSSR count). The smallest absolute Gasteiger partial charge is 0.191 e. The highest BCUT2D eigenvalue weighted by Crippen LogP contribution is 2.24. The van der Waals surface area contributed by atoms with Gasteiger partial charge < -0.3 is 20.1 Å². The molecule has 0 spiro atoms. The van der Waals surface area contributed by atoms with Crippen molar-refractivity contribution in [2.75, 3.05) is 27.8 Å². The van der Waals surface area contributed by atoms with E-state index in [1.54, 1.807) is 21.3 Å². The van der Waals surface area contributed by atoms with E-state index in [1.807, 2.05) is 42.5 Å². The van der Waals surface area contributed by atoms with Gasteiger partial charge in [-0.25, -0.2) is 0 Å². The molecule has 0 saturated heterocycles. The van der Waals surface area contributed by atoms with Crippen molar-refractivity contribution in [3.05, 3.63) is 58.6 Å². The third-order valence-electron chi connectivity index (χ3n) is 3.80. The number of benzene rings is 2. The lowest BCUT2D eigenvalue weighted by atomic mass is 10.1. The highest BCUT2D eigenvalue weighted by Gasteiger charge is 2.06. The third-order valence-corrected chi connectivity index (χ3v) is 4.17. The summed E-state index contributed by atoms with van der Waals surface area (Å²) >= 11 is 6.17. The molecule has 26 heavy (non-hydrogen) atoms.